The van der Waals surface area contributed by atoms with Crippen LogP contribution < -0.4 is 4.90 Å². The second kappa shape index (κ2) is 5.00. The molecule has 1 aromatic heterocycles. The van der Waals surface area contributed by atoms with Crippen LogP contribution in [0.5, 0.6) is 0 Å². The van der Waals surface area contributed by atoms with Gasteiger partial charge in [-0.15, -0.1) is 0 Å². The van der Waals surface area contributed by atoms with Crippen LogP contribution in [0.3, 0.4) is 0 Å². The van der Waals surface area contributed by atoms with Gasteiger partial charge in [-0.3, -0.25) is 0 Å². The molecule has 0 bridgehead atoms. The lowest BCUT2D eigenvalue weighted by Gasteiger charge is -2.24. The monoisotopic (exact) mass is 239 g/mol. The van der Waals surface area contributed by atoms with Crippen molar-refractivity contribution < 1.29 is 0 Å². The molecule has 0 spiro atoms. The van der Waals surface area contributed by atoms with Gasteiger partial charge in [0, 0.05) is 18.2 Å². The molecule has 0 atom stereocenters. The molecule has 3 nitrogen and oxygen atoms in total. The maximum Gasteiger partial charge on any atom is 0.137 e. The SMILES string of the molecule is CCCc1c(Cl)ncnc1N(CC)C1CC1. The van der Waals surface area contributed by atoms with Crippen molar-refractivity contribution in [1.82, 2.24) is 9.97 Å². The summed E-state index contributed by atoms with van der Waals surface area (Å²) in [5, 5.41) is 0.617. The Morgan fingerprint density at radius 1 is 1.38 bits per heavy atom. The smallest absolute Gasteiger partial charge is 0.137 e. The third kappa shape index (κ3) is 2.29. The Kier molecular flexibility index (Phi) is 3.64. The molecule has 0 amide bonds. The van der Waals surface area contributed by atoms with Gasteiger partial charge in [0.05, 0.1) is 0 Å². The van der Waals surface area contributed by atoms with Gasteiger partial charge in [-0.05, 0) is 26.2 Å². The summed E-state index contributed by atoms with van der Waals surface area (Å²) in [6.45, 7) is 5.32. The summed E-state index contributed by atoms with van der Waals surface area (Å²) in [6.07, 6.45) is 6.16. The van der Waals surface area contributed by atoms with Gasteiger partial charge in [0.2, 0.25) is 0 Å². The van der Waals surface area contributed by atoms with Crippen molar-refractivity contribution in [3.8, 4) is 0 Å². The van der Waals surface area contributed by atoms with Gasteiger partial charge in [0.1, 0.15) is 17.3 Å². The van der Waals surface area contributed by atoms with Crippen LogP contribution in [0.15, 0.2) is 6.33 Å². The third-order valence-corrected chi connectivity index (χ3v) is 3.30. The fraction of sp³-hybridized carbons (Fsp3) is 0.667. The van der Waals surface area contributed by atoms with Crippen molar-refractivity contribution in [2.75, 3.05) is 11.4 Å². The van der Waals surface area contributed by atoms with Gasteiger partial charge in [-0.2, -0.15) is 0 Å². The number of halogens is 1. The van der Waals surface area contributed by atoms with Gasteiger partial charge in [0.15, 0.2) is 0 Å². The highest BCUT2D eigenvalue weighted by atomic mass is 35.5. The van der Waals surface area contributed by atoms with Crippen LogP contribution in [0.4, 0.5) is 5.82 Å². The number of anilines is 1. The predicted molar refractivity (Wildman–Crippen MR) is 67.1 cm³/mol. The lowest BCUT2D eigenvalue weighted by atomic mass is 10.1. The van der Waals surface area contributed by atoms with E-state index < -0.39 is 0 Å². The standard InChI is InChI=1S/C12H18ClN3/c1-3-5-10-11(13)14-8-15-12(10)16(4-2)9-6-7-9/h8-9H,3-7H2,1-2H3. The van der Waals surface area contributed by atoms with Crippen molar-refractivity contribution >= 4 is 17.4 Å². The molecule has 1 aliphatic rings. The zero-order chi connectivity index (χ0) is 11.5. The van der Waals surface area contributed by atoms with Crippen LogP contribution >= 0.6 is 11.6 Å². The van der Waals surface area contributed by atoms with Crippen LogP contribution in [0, 0.1) is 0 Å². The number of hydrogen-bond acceptors (Lipinski definition) is 3. The molecule has 0 radical (unpaired) electrons. The molecule has 1 aliphatic carbocycles. The fourth-order valence-electron chi connectivity index (χ4n) is 2.06. The number of hydrogen-bond donors (Lipinski definition) is 0. The van der Waals surface area contributed by atoms with Crippen LogP contribution in [-0.2, 0) is 6.42 Å². The van der Waals surface area contributed by atoms with Gasteiger partial charge < -0.3 is 4.90 Å². The minimum Gasteiger partial charge on any atom is -0.354 e. The first-order valence-corrected chi connectivity index (χ1v) is 6.41. The molecular formula is C12H18ClN3. The molecule has 0 aromatic carbocycles. The summed E-state index contributed by atoms with van der Waals surface area (Å²) in [6, 6.07) is 0.673. The molecule has 0 saturated heterocycles. The normalized spacial score (nSPS) is 15.2. The zero-order valence-corrected chi connectivity index (χ0v) is 10.7. The summed E-state index contributed by atoms with van der Waals surface area (Å²) in [4.78, 5) is 10.9. The quantitative estimate of drug-likeness (QED) is 0.740. The van der Waals surface area contributed by atoms with E-state index in [-0.39, 0.29) is 0 Å². The van der Waals surface area contributed by atoms with Crippen molar-refractivity contribution in [1.29, 1.82) is 0 Å². The van der Waals surface area contributed by atoms with E-state index in [2.05, 4.69) is 28.7 Å². The van der Waals surface area contributed by atoms with E-state index >= 15 is 0 Å². The Morgan fingerprint density at radius 3 is 2.69 bits per heavy atom. The van der Waals surface area contributed by atoms with Crippen LogP contribution in [0.1, 0.15) is 38.7 Å². The van der Waals surface area contributed by atoms with E-state index in [0.717, 1.165) is 30.8 Å². The highest BCUT2D eigenvalue weighted by molar-refractivity contribution is 6.30. The van der Waals surface area contributed by atoms with Gasteiger partial charge >= 0.3 is 0 Å². The van der Waals surface area contributed by atoms with Gasteiger partial charge in [-0.25, -0.2) is 9.97 Å². The maximum absolute atomic E-state index is 6.16. The minimum atomic E-state index is 0.617. The lowest BCUT2D eigenvalue weighted by molar-refractivity contribution is 0.783. The first kappa shape index (κ1) is 11.6. The summed E-state index contributed by atoms with van der Waals surface area (Å²) in [7, 11) is 0. The molecule has 4 heteroatoms. The van der Waals surface area contributed by atoms with Crippen molar-refractivity contribution in [2.45, 2.75) is 45.6 Å². The topological polar surface area (TPSA) is 29.0 Å². The molecule has 1 heterocycles. The second-order valence-corrected chi connectivity index (χ2v) is 4.59. The van der Waals surface area contributed by atoms with Gasteiger partial charge in [-0.1, -0.05) is 24.9 Å². The Labute approximate surface area is 102 Å². The number of nitrogens with zero attached hydrogens (tertiary/aromatic N) is 3. The molecule has 88 valence electrons. The summed E-state index contributed by atoms with van der Waals surface area (Å²) >= 11 is 6.16. The van der Waals surface area contributed by atoms with E-state index in [1.54, 1.807) is 6.33 Å². The van der Waals surface area contributed by atoms with Crippen molar-refractivity contribution in [3.05, 3.63) is 17.0 Å². The lowest BCUT2D eigenvalue weighted by Crippen LogP contribution is -2.27. The molecule has 1 fully saturated rings. The largest absolute Gasteiger partial charge is 0.354 e. The minimum absolute atomic E-state index is 0.617. The number of rotatable bonds is 5. The Balaban J connectivity index is 2.33. The molecule has 16 heavy (non-hydrogen) atoms. The predicted octanol–water partition coefficient (Wildman–Crippen LogP) is 3.07. The van der Waals surface area contributed by atoms with E-state index in [1.807, 2.05) is 0 Å². The fourth-order valence-corrected chi connectivity index (χ4v) is 2.28. The third-order valence-electron chi connectivity index (χ3n) is 2.97. The Hall–Kier alpha value is -0.830. The second-order valence-electron chi connectivity index (χ2n) is 4.23. The molecule has 1 saturated carbocycles. The zero-order valence-electron chi connectivity index (χ0n) is 9.91. The van der Waals surface area contributed by atoms with E-state index in [9.17, 15) is 0 Å². The summed E-state index contributed by atoms with van der Waals surface area (Å²) in [5.41, 5.74) is 1.11. The molecule has 0 unspecified atom stereocenters. The average molecular weight is 240 g/mol. The van der Waals surface area contributed by atoms with Crippen molar-refractivity contribution in [2.24, 2.45) is 0 Å². The highest BCUT2D eigenvalue weighted by Gasteiger charge is 2.30. The molecule has 2 rings (SSSR count). The summed E-state index contributed by atoms with van der Waals surface area (Å²) in [5.74, 6) is 1.05. The molecule has 0 N–H and O–H groups in total. The number of aromatic nitrogens is 2. The first-order chi connectivity index (χ1) is 7.77. The first-order valence-electron chi connectivity index (χ1n) is 6.03. The molecule has 1 aromatic rings. The highest BCUT2D eigenvalue weighted by Crippen LogP contribution is 2.34. The Morgan fingerprint density at radius 2 is 2.12 bits per heavy atom. The van der Waals surface area contributed by atoms with E-state index in [0.29, 0.717) is 11.2 Å². The van der Waals surface area contributed by atoms with Crippen LogP contribution in [0.2, 0.25) is 5.15 Å². The van der Waals surface area contributed by atoms with E-state index in [1.165, 1.54) is 12.8 Å². The van der Waals surface area contributed by atoms with Crippen LogP contribution in [-0.4, -0.2) is 22.6 Å². The maximum atomic E-state index is 6.16. The molecular weight excluding hydrogens is 222 g/mol. The van der Waals surface area contributed by atoms with Crippen LogP contribution in [0.25, 0.3) is 0 Å². The van der Waals surface area contributed by atoms with Gasteiger partial charge in [0.25, 0.3) is 0 Å². The average Bonchev–Trinajstić information content (AvgIpc) is 3.08. The Bertz CT molecular complexity index is 363. The van der Waals surface area contributed by atoms with Crippen molar-refractivity contribution in [3.63, 3.8) is 0 Å². The summed E-state index contributed by atoms with van der Waals surface area (Å²) < 4.78 is 0. The van der Waals surface area contributed by atoms with E-state index in [4.69, 9.17) is 11.6 Å². The molecule has 0 aliphatic heterocycles.